The van der Waals surface area contributed by atoms with Gasteiger partial charge in [0.2, 0.25) is 0 Å². The van der Waals surface area contributed by atoms with Crippen LogP contribution in [0.4, 0.5) is 13.2 Å². The van der Waals surface area contributed by atoms with Gasteiger partial charge in [-0.2, -0.15) is 0 Å². The first-order valence-corrected chi connectivity index (χ1v) is 13.0. The van der Waals surface area contributed by atoms with Gasteiger partial charge in [-0.3, -0.25) is 4.57 Å². The van der Waals surface area contributed by atoms with E-state index in [1.54, 1.807) is 22.9 Å². The van der Waals surface area contributed by atoms with Crippen LogP contribution in [0, 0.1) is 17.5 Å². The number of rotatable bonds is 8. The Balaban J connectivity index is 1.82. The fourth-order valence-electron chi connectivity index (χ4n) is 3.98. The number of hydrogen-bond donors (Lipinski definition) is 2. The van der Waals surface area contributed by atoms with Gasteiger partial charge in [0.15, 0.2) is 5.16 Å². The molecule has 11 heteroatoms. The Morgan fingerprint density at radius 1 is 1.00 bits per heavy atom. The van der Waals surface area contributed by atoms with Crippen molar-refractivity contribution in [2.75, 3.05) is 0 Å². The molecule has 5 nitrogen and oxygen atoms in total. The molecule has 0 amide bonds. The Morgan fingerprint density at radius 3 is 2.29 bits per heavy atom. The van der Waals surface area contributed by atoms with E-state index in [-0.39, 0.29) is 16.9 Å². The maximum Gasteiger partial charge on any atom is 0.335 e. The van der Waals surface area contributed by atoms with Crippen molar-refractivity contribution in [3.8, 4) is 5.69 Å². The molecule has 3 aromatic carbocycles. The molecular formula is C27H21Cl2F3N2O3S. The number of aliphatic hydroxyl groups excluding tert-OH is 1. The van der Waals surface area contributed by atoms with Gasteiger partial charge in [-0.05, 0) is 48.0 Å². The molecule has 0 saturated carbocycles. The predicted molar refractivity (Wildman–Crippen MR) is 141 cm³/mol. The second kappa shape index (κ2) is 11.0. The van der Waals surface area contributed by atoms with E-state index in [1.807, 2.05) is 19.9 Å². The number of thioether (sulfide) groups is 1. The molecule has 0 atom stereocenters. The van der Waals surface area contributed by atoms with Gasteiger partial charge in [-0.1, -0.05) is 54.9 Å². The lowest BCUT2D eigenvalue weighted by Crippen LogP contribution is -2.23. The highest BCUT2D eigenvalue weighted by Crippen LogP contribution is 2.39. The minimum Gasteiger partial charge on any atom is -0.478 e. The summed E-state index contributed by atoms with van der Waals surface area (Å²) in [6, 6.07) is 10.9. The van der Waals surface area contributed by atoms with E-state index >= 15 is 0 Å². The molecule has 0 fully saturated rings. The average molecular weight is 581 g/mol. The molecular weight excluding hydrogens is 560 g/mol. The number of carboxylic acid groups (broad SMARTS) is 1. The number of benzene rings is 3. The summed E-state index contributed by atoms with van der Waals surface area (Å²) < 4.78 is 45.1. The Bertz CT molecular complexity index is 1520. The van der Waals surface area contributed by atoms with E-state index < -0.39 is 41.0 Å². The quantitative estimate of drug-likeness (QED) is 0.212. The molecule has 0 bridgehead atoms. The maximum atomic E-state index is 14.6. The molecule has 2 N–H and O–H groups in total. The highest BCUT2D eigenvalue weighted by molar-refractivity contribution is 7.98. The number of aliphatic hydroxyl groups is 1. The topological polar surface area (TPSA) is 75.3 Å². The van der Waals surface area contributed by atoms with Crippen LogP contribution in [-0.2, 0) is 17.8 Å². The molecule has 0 aliphatic heterocycles. The highest BCUT2D eigenvalue weighted by Gasteiger charge is 2.30. The monoisotopic (exact) mass is 580 g/mol. The molecule has 38 heavy (non-hydrogen) atoms. The summed E-state index contributed by atoms with van der Waals surface area (Å²) in [6.45, 7) is 3.32. The number of hydrogen-bond acceptors (Lipinski definition) is 4. The largest absolute Gasteiger partial charge is 0.478 e. The van der Waals surface area contributed by atoms with E-state index in [9.17, 15) is 23.1 Å². The number of aromatic carboxylic acids is 1. The summed E-state index contributed by atoms with van der Waals surface area (Å²) >= 11 is 13.4. The zero-order chi connectivity index (χ0) is 27.8. The van der Waals surface area contributed by atoms with Crippen molar-refractivity contribution in [3.05, 3.63) is 110 Å². The Hall–Kier alpha value is -2.98. The van der Waals surface area contributed by atoms with Crippen LogP contribution in [0.2, 0.25) is 10.0 Å². The van der Waals surface area contributed by atoms with E-state index in [0.717, 1.165) is 29.5 Å². The van der Waals surface area contributed by atoms with Crippen LogP contribution >= 0.6 is 35.0 Å². The molecule has 0 unspecified atom stereocenters. The zero-order valence-electron chi connectivity index (χ0n) is 20.1. The second-order valence-electron chi connectivity index (χ2n) is 8.96. The summed E-state index contributed by atoms with van der Waals surface area (Å²) in [5.41, 5.74) is 0.464. The van der Waals surface area contributed by atoms with Crippen molar-refractivity contribution in [3.63, 3.8) is 0 Å². The van der Waals surface area contributed by atoms with Crippen molar-refractivity contribution in [1.29, 1.82) is 0 Å². The number of nitrogens with zero attached hydrogens (tertiary/aromatic N) is 2. The van der Waals surface area contributed by atoms with Crippen LogP contribution in [0.25, 0.3) is 5.69 Å². The number of carbonyl (C=O) groups is 1. The van der Waals surface area contributed by atoms with Crippen molar-refractivity contribution < 1.29 is 28.2 Å². The molecule has 0 aliphatic rings. The molecule has 198 valence electrons. The molecule has 1 aromatic heterocycles. The molecule has 4 rings (SSSR count). The second-order valence-corrected chi connectivity index (χ2v) is 10.7. The van der Waals surface area contributed by atoms with Crippen LogP contribution in [-0.4, -0.2) is 25.7 Å². The van der Waals surface area contributed by atoms with Crippen molar-refractivity contribution in [1.82, 2.24) is 9.55 Å². The van der Waals surface area contributed by atoms with Crippen molar-refractivity contribution in [2.45, 2.75) is 36.8 Å². The van der Waals surface area contributed by atoms with Crippen LogP contribution in [0.3, 0.4) is 0 Å². The van der Waals surface area contributed by atoms with Crippen molar-refractivity contribution >= 4 is 40.9 Å². The Labute approximate surface area is 230 Å². The standard InChI is InChI=1S/C27H21Cl2F3N2O3S/c1-27(2,16-3-5-19(28)20(29)10-16)24-11-33-26(34(24)17-4-6-21(30)15(7-17)12-35)38-13-18-22(31)8-14(25(36)37)9-23(18)32/h3-11,35H,12-13H2,1-2H3,(H,36,37). The van der Waals surface area contributed by atoms with Gasteiger partial charge in [-0.25, -0.2) is 22.9 Å². The number of halogens is 5. The van der Waals surface area contributed by atoms with E-state index in [4.69, 9.17) is 28.3 Å². The van der Waals surface area contributed by atoms with E-state index in [1.165, 1.54) is 18.2 Å². The molecule has 0 radical (unpaired) electrons. The molecule has 1 heterocycles. The summed E-state index contributed by atoms with van der Waals surface area (Å²) in [6.07, 6.45) is 1.60. The Kier molecular flexibility index (Phi) is 8.13. The van der Waals surface area contributed by atoms with Crippen LogP contribution in [0.15, 0.2) is 59.9 Å². The van der Waals surface area contributed by atoms with Crippen molar-refractivity contribution in [2.24, 2.45) is 0 Å². The van der Waals surface area contributed by atoms with Gasteiger partial charge in [0.05, 0.1) is 34.1 Å². The average Bonchev–Trinajstić information content (AvgIpc) is 3.30. The summed E-state index contributed by atoms with van der Waals surface area (Å²) in [5.74, 6) is -4.21. The summed E-state index contributed by atoms with van der Waals surface area (Å²) in [4.78, 5) is 15.6. The number of imidazole rings is 1. The minimum atomic E-state index is -1.44. The van der Waals surface area contributed by atoms with Crippen LogP contribution < -0.4 is 0 Å². The highest BCUT2D eigenvalue weighted by atomic mass is 35.5. The Morgan fingerprint density at radius 2 is 1.68 bits per heavy atom. The lowest BCUT2D eigenvalue weighted by molar-refractivity contribution is 0.0695. The van der Waals surface area contributed by atoms with Gasteiger partial charge in [-0.15, -0.1) is 0 Å². The first kappa shape index (κ1) is 28.0. The van der Waals surface area contributed by atoms with Crippen LogP contribution in [0.1, 0.15) is 46.6 Å². The number of carboxylic acids is 1. The smallest absolute Gasteiger partial charge is 0.335 e. The molecule has 0 saturated heterocycles. The van der Waals surface area contributed by atoms with Crippen LogP contribution in [0.5, 0.6) is 0 Å². The van der Waals surface area contributed by atoms with E-state index in [0.29, 0.717) is 26.6 Å². The fourth-order valence-corrected chi connectivity index (χ4v) is 5.29. The van der Waals surface area contributed by atoms with Gasteiger partial charge >= 0.3 is 5.97 Å². The lowest BCUT2D eigenvalue weighted by atomic mass is 9.81. The predicted octanol–water partition coefficient (Wildman–Crippen LogP) is 7.41. The minimum absolute atomic E-state index is 0.0618. The third kappa shape index (κ3) is 5.42. The van der Waals surface area contributed by atoms with Gasteiger partial charge < -0.3 is 10.2 Å². The normalized spacial score (nSPS) is 11.7. The summed E-state index contributed by atoms with van der Waals surface area (Å²) in [7, 11) is 0. The molecule has 0 spiro atoms. The lowest BCUT2D eigenvalue weighted by Gasteiger charge is -2.28. The summed E-state index contributed by atoms with van der Waals surface area (Å²) in [5, 5.41) is 19.8. The van der Waals surface area contributed by atoms with E-state index in [2.05, 4.69) is 4.98 Å². The maximum absolute atomic E-state index is 14.6. The fraction of sp³-hybridized carbons (Fsp3) is 0.185. The third-order valence-electron chi connectivity index (χ3n) is 6.20. The SMILES string of the molecule is CC(C)(c1ccc(Cl)c(Cl)c1)c1cnc(SCc2c(F)cc(C(=O)O)cc2F)n1-c1ccc(F)c(CO)c1. The first-order chi connectivity index (χ1) is 17.9. The first-order valence-electron chi connectivity index (χ1n) is 11.2. The molecule has 0 aliphatic carbocycles. The third-order valence-corrected chi connectivity index (χ3v) is 7.92. The molecule has 4 aromatic rings. The van der Waals surface area contributed by atoms with Gasteiger partial charge in [0.25, 0.3) is 0 Å². The zero-order valence-corrected chi connectivity index (χ0v) is 22.4. The van der Waals surface area contributed by atoms with Gasteiger partial charge in [0.1, 0.15) is 17.5 Å². The number of aromatic nitrogens is 2. The van der Waals surface area contributed by atoms with Gasteiger partial charge in [0, 0.05) is 28.0 Å².